The van der Waals surface area contributed by atoms with Crippen molar-refractivity contribution in [3.63, 3.8) is 0 Å². The number of hydrogen-bond acceptors (Lipinski definition) is 3. The first-order valence-corrected chi connectivity index (χ1v) is 5.45. The molecule has 0 aromatic heterocycles. The molecule has 0 unspecified atom stereocenters. The maximum absolute atomic E-state index is 11.7. The smallest absolute Gasteiger partial charge is 0.140 e. The Balaban J connectivity index is 2.61. The molecule has 16 heavy (non-hydrogen) atoms. The van der Waals surface area contributed by atoms with Crippen LogP contribution in [0, 0.1) is 0 Å². The largest absolute Gasteiger partial charge is 0.496 e. The monoisotopic (exact) mass is 220 g/mol. The third-order valence-corrected chi connectivity index (χ3v) is 3.25. The molecule has 1 aliphatic carbocycles. The van der Waals surface area contributed by atoms with Crippen molar-refractivity contribution < 1.29 is 14.3 Å². The van der Waals surface area contributed by atoms with E-state index >= 15 is 0 Å². The molecule has 1 aliphatic rings. The third kappa shape index (κ3) is 1.56. The zero-order valence-corrected chi connectivity index (χ0v) is 9.87. The summed E-state index contributed by atoms with van der Waals surface area (Å²) in [6, 6.07) is 3.77. The van der Waals surface area contributed by atoms with Gasteiger partial charge < -0.3 is 9.47 Å². The van der Waals surface area contributed by atoms with Gasteiger partial charge in [-0.05, 0) is 18.6 Å². The number of fused-ring (bicyclic) bond motifs is 1. The molecule has 86 valence electrons. The van der Waals surface area contributed by atoms with Gasteiger partial charge in [-0.3, -0.25) is 4.79 Å². The van der Waals surface area contributed by atoms with Crippen LogP contribution < -0.4 is 9.47 Å². The molecule has 0 amide bonds. The Morgan fingerprint density at radius 2 is 1.75 bits per heavy atom. The molecule has 0 radical (unpaired) electrons. The molecule has 0 saturated heterocycles. The van der Waals surface area contributed by atoms with E-state index < -0.39 is 0 Å². The van der Waals surface area contributed by atoms with Gasteiger partial charge in [-0.25, -0.2) is 0 Å². The topological polar surface area (TPSA) is 35.5 Å². The lowest BCUT2D eigenvalue weighted by Crippen LogP contribution is -2.19. The molecule has 0 aliphatic heterocycles. The number of carbonyl (C=O) groups excluding carboxylic acids is 1. The summed E-state index contributed by atoms with van der Waals surface area (Å²) < 4.78 is 10.7. The van der Waals surface area contributed by atoms with E-state index in [-0.39, 0.29) is 11.7 Å². The fraction of sp³-hybridized carbons (Fsp3) is 0.462. The van der Waals surface area contributed by atoms with Gasteiger partial charge in [0.2, 0.25) is 0 Å². The quantitative estimate of drug-likeness (QED) is 0.767. The number of methoxy groups -OCH3 is 2. The molecule has 0 N–H and O–H groups in total. The van der Waals surface area contributed by atoms with Crippen molar-refractivity contribution in [2.24, 2.45) is 0 Å². The number of ether oxygens (including phenoxy) is 2. The second-order valence-corrected chi connectivity index (χ2v) is 4.05. The fourth-order valence-electron chi connectivity index (χ4n) is 2.35. The van der Waals surface area contributed by atoms with Crippen molar-refractivity contribution in [1.82, 2.24) is 0 Å². The minimum absolute atomic E-state index is 0.0891. The minimum atomic E-state index is -0.0891. The number of Topliss-reactive ketones (excluding diaryl/α,β-unsaturated/α-hetero) is 1. The molecule has 0 heterocycles. The molecule has 0 fully saturated rings. The lowest BCUT2D eigenvalue weighted by Gasteiger charge is -2.25. The van der Waals surface area contributed by atoms with Crippen LogP contribution in [-0.4, -0.2) is 20.0 Å². The van der Waals surface area contributed by atoms with Crippen molar-refractivity contribution in [1.29, 1.82) is 0 Å². The average molecular weight is 220 g/mol. The Kier molecular flexibility index (Phi) is 2.86. The van der Waals surface area contributed by atoms with Crippen molar-refractivity contribution in [2.45, 2.75) is 25.7 Å². The standard InChI is InChI=1S/C13H16O3/c1-8-10(14)5-4-9-11(15-2)6-7-12(16-3)13(8)9/h6-8H,4-5H2,1-3H3/t8-/m1/s1. The molecule has 0 saturated carbocycles. The van der Waals surface area contributed by atoms with E-state index in [1.54, 1.807) is 14.2 Å². The molecule has 1 aromatic rings. The van der Waals surface area contributed by atoms with Crippen LogP contribution in [0.1, 0.15) is 30.4 Å². The van der Waals surface area contributed by atoms with Gasteiger partial charge in [0, 0.05) is 23.5 Å². The first-order valence-electron chi connectivity index (χ1n) is 5.45. The highest BCUT2D eigenvalue weighted by Crippen LogP contribution is 2.40. The van der Waals surface area contributed by atoms with Crippen molar-refractivity contribution in [3.05, 3.63) is 23.3 Å². The number of carbonyl (C=O) groups is 1. The van der Waals surface area contributed by atoms with Crippen LogP contribution in [-0.2, 0) is 11.2 Å². The zero-order valence-electron chi connectivity index (χ0n) is 9.87. The second kappa shape index (κ2) is 4.16. The lowest BCUT2D eigenvalue weighted by atomic mass is 9.82. The van der Waals surface area contributed by atoms with Gasteiger partial charge >= 0.3 is 0 Å². The Labute approximate surface area is 95.4 Å². The maximum atomic E-state index is 11.7. The average Bonchev–Trinajstić information content (AvgIpc) is 2.32. The number of rotatable bonds is 2. The lowest BCUT2D eigenvalue weighted by molar-refractivity contribution is -0.120. The number of benzene rings is 1. The SMILES string of the molecule is COc1ccc(OC)c2c1CCC(=O)[C@H]2C. The van der Waals surface area contributed by atoms with E-state index in [1.807, 2.05) is 19.1 Å². The summed E-state index contributed by atoms with van der Waals surface area (Å²) in [6.07, 6.45) is 1.34. The second-order valence-electron chi connectivity index (χ2n) is 4.05. The van der Waals surface area contributed by atoms with Crippen LogP contribution in [0.25, 0.3) is 0 Å². The Hall–Kier alpha value is -1.51. The number of ketones is 1. The summed E-state index contributed by atoms with van der Waals surface area (Å²) in [5, 5.41) is 0. The Morgan fingerprint density at radius 3 is 2.38 bits per heavy atom. The van der Waals surface area contributed by atoms with E-state index in [0.717, 1.165) is 29.0 Å². The highest BCUT2D eigenvalue weighted by Gasteiger charge is 2.29. The van der Waals surface area contributed by atoms with E-state index in [2.05, 4.69) is 0 Å². The zero-order chi connectivity index (χ0) is 11.7. The fourth-order valence-corrected chi connectivity index (χ4v) is 2.35. The van der Waals surface area contributed by atoms with Gasteiger partial charge in [0.15, 0.2) is 0 Å². The Morgan fingerprint density at radius 1 is 1.12 bits per heavy atom. The Bertz CT molecular complexity index is 423. The van der Waals surface area contributed by atoms with Crippen LogP contribution in [0.5, 0.6) is 11.5 Å². The summed E-state index contributed by atoms with van der Waals surface area (Å²) in [7, 11) is 3.29. The molecule has 0 bridgehead atoms. The molecule has 2 rings (SSSR count). The van der Waals surface area contributed by atoms with Gasteiger partial charge in [0.25, 0.3) is 0 Å². The molecule has 0 spiro atoms. The highest BCUT2D eigenvalue weighted by molar-refractivity contribution is 5.89. The van der Waals surface area contributed by atoms with E-state index in [4.69, 9.17) is 9.47 Å². The van der Waals surface area contributed by atoms with Gasteiger partial charge in [-0.1, -0.05) is 6.92 Å². The summed E-state index contributed by atoms with van der Waals surface area (Å²) >= 11 is 0. The highest BCUT2D eigenvalue weighted by atomic mass is 16.5. The van der Waals surface area contributed by atoms with Crippen molar-refractivity contribution in [3.8, 4) is 11.5 Å². The van der Waals surface area contributed by atoms with Crippen molar-refractivity contribution in [2.75, 3.05) is 14.2 Å². The molecule has 3 nitrogen and oxygen atoms in total. The van der Waals surface area contributed by atoms with Crippen LogP contribution in [0.3, 0.4) is 0 Å². The summed E-state index contributed by atoms with van der Waals surface area (Å²) in [5.41, 5.74) is 2.12. The van der Waals surface area contributed by atoms with E-state index in [0.29, 0.717) is 6.42 Å². The maximum Gasteiger partial charge on any atom is 0.140 e. The van der Waals surface area contributed by atoms with E-state index in [9.17, 15) is 4.79 Å². The van der Waals surface area contributed by atoms with Crippen LogP contribution in [0.15, 0.2) is 12.1 Å². The van der Waals surface area contributed by atoms with Crippen LogP contribution in [0.4, 0.5) is 0 Å². The van der Waals surface area contributed by atoms with Gasteiger partial charge in [0.1, 0.15) is 17.3 Å². The molecule has 1 aromatic carbocycles. The molecular formula is C13H16O3. The summed E-state index contributed by atoms with van der Waals surface area (Å²) in [4.78, 5) is 11.7. The van der Waals surface area contributed by atoms with Crippen LogP contribution >= 0.6 is 0 Å². The predicted octanol–water partition coefficient (Wildman–Crippen LogP) is 2.32. The number of hydrogen-bond donors (Lipinski definition) is 0. The summed E-state index contributed by atoms with van der Waals surface area (Å²) in [6.45, 7) is 1.93. The third-order valence-electron chi connectivity index (χ3n) is 3.25. The molecule has 1 atom stereocenters. The van der Waals surface area contributed by atoms with Crippen molar-refractivity contribution >= 4 is 5.78 Å². The first-order chi connectivity index (χ1) is 7.69. The van der Waals surface area contributed by atoms with Gasteiger partial charge in [-0.15, -0.1) is 0 Å². The minimum Gasteiger partial charge on any atom is -0.496 e. The molecule has 3 heteroatoms. The normalized spacial score (nSPS) is 19.2. The first kappa shape index (κ1) is 11.0. The van der Waals surface area contributed by atoms with Gasteiger partial charge in [0.05, 0.1) is 14.2 Å². The molecular weight excluding hydrogens is 204 g/mol. The van der Waals surface area contributed by atoms with Gasteiger partial charge in [-0.2, -0.15) is 0 Å². The van der Waals surface area contributed by atoms with Crippen LogP contribution in [0.2, 0.25) is 0 Å². The summed E-state index contributed by atoms with van der Waals surface area (Å²) in [5.74, 6) is 1.83. The predicted molar refractivity (Wildman–Crippen MR) is 61.3 cm³/mol. The van der Waals surface area contributed by atoms with E-state index in [1.165, 1.54) is 0 Å².